The van der Waals surface area contributed by atoms with Crippen molar-refractivity contribution in [1.29, 1.82) is 0 Å². The van der Waals surface area contributed by atoms with Crippen LogP contribution < -0.4 is 4.90 Å². The Morgan fingerprint density at radius 2 is 1.45 bits per heavy atom. The summed E-state index contributed by atoms with van der Waals surface area (Å²) in [5.41, 5.74) is 7.62. The van der Waals surface area contributed by atoms with Gasteiger partial charge in [0.15, 0.2) is 5.71 Å². The molecule has 4 aromatic carbocycles. The van der Waals surface area contributed by atoms with Gasteiger partial charge in [-0.25, -0.2) is 8.42 Å². The van der Waals surface area contributed by atoms with Crippen molar-refractivity contribution >= 4 is 100 Å². The minimum absolute atomic E-state index is 0. The van der Waals surface area contributed by atoms with Crippen LogP contribution in [0.25, 0.3) is 21.5 Å². The zero-order valence-corrected chi connectivity index (χ0v) is 34.1. The number of halogens is 1. The molecule has 8 nitrogen and oxygen atoms in total. The van der Waals surface area contributed by atoms with Crippen LogP contribution >= 0.6 is 11.6 Å². The Balaban J connectivity index is 0.00000532. The first-order valence-corrected chi connectivity index (χ1v) is 22.4. The summed E-state index contributed by atoms with van der Waals surface area (Å²) >= 11 is 7.24. The average Bonchev–Trinajstić information content (AvgIpc) is 3.47. The van der Waals surface area contributed by atoms with Crippen molar-refractivity contribution in [2.75, 3.05) is 29.5 Å². The number of hydrogen-bond acceptors (Lipinski definition) is 6. The van der Waals surface area contributed by atoms with Gasteiger partial charge in [0.2, 0.25) is 5.69 Å². The molecular weight excluding hydrogens is 775 g/mol. The first-order chi connectivity index (χ1) is 26.0. The number of anilines is 1. The second-order valence-corrected chi connectivity index (χ2v) is 19.3. The average molecular weight is 823 g/mol. The molecule has 4 aromatic rings. The van der Waals surface area contributed by atoms with Gasteiger partial charge in [-0.15, -0.1) is 0 Å². The van der Waals surface area contributed by atoms with E-state index in [1.807, 2.05) is 24.3 Å². The number of nitrogens with zero attached hydrogens (tertiary/aromatic N) is 2. The molecule has 1 aliphatic carbocycles. The van der Waals surface area contributed by atoms with Gasteiger partial charge in [-0.2, -0.15) is 13.0 Å². The quantitative estimate of drug-likeness (QED) is 0.0914. The van der Waals surface area contributed by atoms with Crippen LogP contribution in [0.5, 0.6) is 0 Å². The normalized spacial score (nSPS) is 19.4. The van der Waals surface area contributed by atoms with Crippen molar-refractivity contribution < 1.29 is 30.5 Å². The van der Waals surface area contributed by atoms with Gasteiger partial charge in [0, 0.05) is 58.3 Å². The maximum atomic E-state index is 11.7. The molecule has 7 rings (SSSR count). The van der Waals surface area contributed by atoms with Crippen molar-refractivity contribution in [3.05, 3.63) is 130 Å². The van der Waals surface area contributed by atoms with Gasteiger partial charge in [0.25, 0.3) is 10.1 Å². The van der Waals surface area contributed by atoms with Crippen LogP contribution in [-0.2, 0) is 31.1 Å². The van der Waals surface area contributed by atoms with E-state index in [1.54, 1.807) is 0 Å². The van der Waals surface area contributed by atoms with E-state index in [4.69, 9.17) is 11.6 Å². The number of fused-ring (bicyclic) bond motifs is 6. The standard InChI is InChI=1S/C44H47ClN2O6S2.Na.H/c1-43(2)38(46(26-10-28-54(48,49)50)36-22-18-30-12-5-7-16-34(30)40(36)43)24-20-32-14-9-15-33(42(32)45)21-25-39-44(3,4)41-35-17-8-6-13-31(35)19-23-37(41)47(39)27-11-29-55(51,52)53;;/h5-8,12-13,16-25H,9-11,14-15,26-29H2,1-4H3,(H-,48,49,50,51,52,53);;. The van der Waals surface area contributed by atoms with E-state index in [9.17, 15) is 25.9 Å². The fraction of sp³-hybridized carbons (Fsp3) is 0.341. The third-order valence-corrected chi connectivity index (χ3v) is 13.5. The summed E-state index contributed by atoms with van der Waals surface area (Å²) in [6.07, 6.45) is 11.4. The Morgan fingerprint density at radius 3 is 2.11 bits per heavy atom. The molecular formula is C44H48ClN2NaO6S2. The van der Waals surface area contributed by atoms with E-state index in [-0.39, 0.29) is 48.2 Å². The van der Waals surface area contributed by atoms with E-state index < -0.39 is 36.8 Å². The zero-order valence-electron chi connectivity index (χ0n) is 31.7. The van der Waals surface area contributed by atoms with E-state index in [0.29, 0.717) is 18.1 Å². The van der Waals surface area contributed by atoms with Crippen LogP contribution in [0.2, 0.25) is 0 Å². The molecule has 0 saturated carbocycles. The molecule has 0 radical (unpaired) electrons. The van der Waals surface area contributed by atoms with Gasteiger partial charge in [-0.3, -0.25) is 4.55 Å². The zero-order chi connectivity index (χ0) is 39.3. The van der Waals surface area contributed by atoms with Crippen molar-refractivity contribution in [3.8, 4) is 0 Å². The number of rotatable bonds is 11. The Kier molecular flexibility index (Phi) is 12.4. The van der Waals surface area contributed by atoms with Gasteiger partial charge in [0.1, 0.15) is 6.54 Å². The summed E-state index contributed by atoms with van der Waals surface area (Å²) in [4.78, 5) is 2.18. The molecule has 2 aliphatic heterocycles. The maximum absolute atomic E-state index is 11.7. The molecule has 0 amide bonds. The predicted octanol–water partition coefficient (Wildman–Crippen LogP) is 8.78. The summed E-state index contributed by atoms with van der Waals surface area (Å²) in [6, 6.07) is 24.9. The van der Waals surface area contributed by atoms with Crippen LogP contribution in [0.1, 0.15) is 70.9 Å². The van der Waals surface area contributed by atoms with Gasteiger partial charge in [-0.1, -0.05) is 92.2 Å². The van der Waals surface area contributed by atoms with E-state index in [0.717, 1.165) is 74.7 Å². The fourth-order valence-electron chi connectivity index (χ4n) is 8.92. The van der Waals surface area contributed by atoms with Crippen LogP contribution in [0.15, 0.2) is 119 Å². The molecule has 56 heavy (non-hydrogen) atoms. The molecule has 0 atom stereocenters. The molecule has 0 saturated heterocycles. The SMILES string of the molecule is CC1(C)C(=CC=C2CCCC(C=CC3=[N+](CCCS(=O)(=O)[O-])c4ccc5ccccc5c4C3(C)C)=C2Cl)N(CCCS(=O)(=O)O)c2ccc3ccccc3c21.[NaH]. The molecule has 290 valence electrons. The minimum atomic E-state index is -4.35. The van der Waals surface area contributed by atoms with Crippen molar-refractivity contribution in [3.63, 3.8) is 0 Å². The fourth-order valence-corrected chi connectivity index (χ4v) is 10.2. The molecule has 0 spiro atoms. The van der Waals surface area contributed by atoms with Gasteiger partial charge in [-0.05, 0) is 96.0 Å². The van der Waals surface area contributed by atoms with Crippen molar-refractivity contribution in [2.45, 2.75) is 70.6 Å². The molecule has 0 unspecified atom stereocenters. The third kappa shape index (κ3) is 8.41. The molecule has 0 fully saturated rings. The van der Waals surface area contributed by atoms with E-state index in [2.05, 4.69) is 110 Å². The second-order valence-electron chi connectivity index (χ2n) is 15.8. The topological polar surface area (TPSA) is 118 Å². The van der Waals surface area contributed by atoms with Gasteiger partial charge in [0.05, 0.1) is 21.3 Å². The number of benzene rings is 4. The van der Waals surface area contributed by atoms with Gasteiger partial charge >= 0.3 is 29.6 Å². The van der Waals surface area contributed by atoms with E-state index in [1.165, 1.54) is 11.1 Å². The summed E-state index contributed by atoms with van der Waals surface area (Å²) in [7, 11) is -8.46. The van der Waals surface area contributed by atoms with Crippen LogP contribution in [0, 0.1) is 0 Å². The van der Waals surface area contributed by atoms with E-state index >= 15 is 0 Å². The number of hydrogen-bond donors (Lipinski definition) is 1. The Labute approximate surface area is 358 Å². The van der Waals surface area contributed by atoms with Crippen molar-refractivity contribution in [2.24, 2.45) is 0 Å². The predicted molar refractivity (Wildman–Crippen MR) is 230 cm³/mol. The van der Waals surface area contributed by atoms with Gasteiger partial charge < -0.3 is 9.45 Å². The molecule has 0 aromatic heterocycles. The van der Waals surface area contributed by atoms with Crippen LogP contribution in [0.3, 0.4) is 0 Å². The molecule has 1 N–H and O–H groups in total. The monoisotopic (exact) mass is 822 g/mol. The summed E-state index contributed by atoms with van der Waals surface area (Å²) in [5, 5.41) is 5.24. The first kappa shape index (κ1) is 42.5. The summed E-state index contributed by atoms with van der Waals surface area (Å²) in [5.74, 6) is -0.752. The van der Waals surface area contributed by atoms with Crippen molar-refractivity contribution in [1.82, 2.24) is 0 Å². The molecule has 3 aliphatic rings. The Bertz CT molecular complexity index is 2610. The molecule has 0 bridgehead atoms. The summed E-state index contributed by atoms with van der Waals surface area (Å²) in [6.45, 7) is 9.56. The third-order valence-electron chi connectivity index (χ3n) is 11.4. The second kappa shape index (κ2) is 16.3. The Hall–Kier alpha value is -3.06. The molecule has 12 heteroatoms. The van der Waals surface area contributed by atoms with Crippen LogP contribution in [-0.4, -0.2) is 90.4 Å². The number of allylic oxidation sites excluding steroid dienone is 8. The summed E-state index contributed by atoms with van der Waals surface area (Å²) < 4.78 is 69.7. The Morgan fingerprint density at radius 1 is 0.804 bits per heavy atom. The first-order valence-electron chi connectivity index (χ1n) is 18.8. The molecule has 2 heterocycles. The van der Waals surface area contributed by atoms with Crippen LogP contribution in [0.4, 0.5) is 11.4 Å².